The van der Waals surface area contributed by atoms with Crippen molar-refractivity contribution < 1.29 is 5.11 Å². The number of aliphatic hydroxyl groups excluding tert-OH is 1. The number of piperidine rings is 1. The van der Waals surface area contributed by atoms with E-state index in [1.165, 1.54) is 6.07 Å². The molecule has 1 aliphatic rings. The zero-order chi connectivity index (χ0) is 20.4. The number of hydrogen-bond donors (Lipinski definition) is 2. The minimum absolute atomic E-state index is 0.169. The number of rotatable bonds is 4. The van der Waals surface area contributed by atoms with Crippen LogP contribution in [-0.4, -0.2) is 33.1 Å². The third kappa shape index (κ3) is 4.49. The highest BCUT2D eigenvalue weighted by Gasteiger charge is 2.26. The minimum atomic E-state index is -0.478. The summed E-state index contributed by atoms with van der Waals surface area (Å²) in [6.45, 7) is 3.46. The number of nitrogens with one attached hydrogen (secondary N) is 1. The number of H-pyrrole nitrogens is 1. The summed E-state index contributed by atoms with van der Waals surface area (Å²) >= 11 is 5.94. The van der Waals surface area contributed by atoms with E-state index in [1.54, 1.807) is 13.1 Å². The van der Waals surface area contributed by atoms with E-state index in [2.05, 4.69) is 19.9 Å². The van der Waals surface area contributed by atoms with Crippen molar-refractivity contribution in [1.29, 1.82) is 0 Å². The Kier molecular flexibility index (Phi) is 5.65. The van der Waals surface area contributed by atoms with Crippen molar-refractivity contribution in [1.82, 2.24) is 15.0 Å². The fraction of sp³-hybridized carbons (Fsp3) is 0.318. The smallest absolute Gasteiger partial charge is 0.251 e. The van der Waals surface area contributed by atoms with E-state index in [4.69, 9.17) is 11.6 Å². The van der Waals surface area contributed by atoms with Crippen LogP contribution in [0.15, 0.2) is 53.5 Å². The third-order valence-electron chi connectivity index (χ3n) is 5.41. The van der Waals surface area contributed by atoms with Crippen LogP contribution in [0.3, 0.4) is 0 Å². The van der Waals surface area contributed by atoms with Gasteiger partial charge in [-0.25, -0.2) is 9.97 Å². The van der Waals surface area contributed by atoms with Gasteiger partial charge in [0, 0.05) is 41.6 Å². The van der Waals surface area contributed by atoms with Crippen molar-refractivity contribution in [3.05, 3.63) is 75.3 Å². The highest BCUT2D eigenvalue weighted by molar-refractivity contribution is 6.30. The molecule has 2 N–H and O–H groups in total. The highest BCUT2D eigenvalue weighted by Crippen LogP contribution is 2.32. The average molecular weight is 411 g/mol. The first-order valence-corrected chi connectivity index (χ1v) is 10.1. The maximum absolute atomic E-state index is 11.7. The van der Waals surface area contributed by atoms with E-state index in [-0.39, 0.29) is 11.5 Å². The average Bonchev–Trinajstić information content (AvgIpc) is 2.73. The number of aryl methyl sites for hydroxylation is 1. The molecule has 29 heavy (non-hydrogen) atoms. The van der Waals surface area contributed by atoms with Gasteiger partial charge in [-0.3, -0.25) is 4.79 Å². The first kappa shape index (κ1) is 19.6. The van der Waals surface area contributed by atoms with Crippen LogP contribution in [0.25, 0.3) is 11.4 Å². The van der Waals surface area contributed by atoms with Gasteiger partial charge in [-0.2, -0.15) is 0 Å². The summed E-state index contributed by atoms with van der Waals surface area (Å²) in [5.41, 5.74) is 2.20. The Morgan fingerprint density at radius 1 is 1.17 bits per heavy atom. The Balaban J connectivity index is 1.41. The van der Waals surface area contributed by atoms with E-state index in [0.717, 1.165) is 42.9 Å². The summed E-state index contributed by atoms with van der Waals surface area (Å²) < 4.78 is 0. The van der Waals surface area contributed by atoms with Crippen molar-refractivity contribution in [3.8, 4) is 11.4 Å². The fourth-order valence-corrected chi connectivity index (χ4v) is 3.93. The minimum Gasteiger partial charge on any atom is -0.388 e. The van der Waals surface area contributed by atoms with Crippen molar-refractivity contribution in [2.24, 2.45) is 5.92 Å². The van der Waals surface area contributed by atoms with Crippen LogP contribution in [0.4, 0.5) is 5.82 Å². The summed E-state index contributed by atoms with van der Waals surface area (Å²) in [5, 5.41) is 11.4. The number of aromatic nitrogens is 3. The number of nitrogens with zero attached hydrogens (tertiary/aromatic N) is 3. The van der Waals surface area contributed by atoms with Gasteiger partial charge in [0.2, 0.25) is 0 Å². The SMILES string of the molecule is Cc1cc(=O)[nH]c(-c2ccc(N3CCC(C(O)c4ccc(Cl)cc4)CC3)nc2)n1. The molecule has 3 aromatic rings. The third-order valence-corrected chi connectivity index (χ3v) is 5.66. The molecule has 0 radical (unpaired) electrons. The zero-order valence-electron chi connectivity index (χ0n) is 16.2. The molecule has 0 amide bonds. The molecule has 4 rings (SSSR count). The molecule has 3 heterocycles. The maximum atomic E-state index is 11.7. The van der Waals surface area contributed by atoms with E-state index in [1.807, 2.05) is 36.4 Å². The Hall–Kier alpha value is -2.70. The lowest BCUT2D eigenvalue weighted by Gasteiger charge is -2.35. The van der Waals surface area contributed by atoms with Crippen LogP contribution in [-0.2, 0) is 0 Å². The molecule has 2 aromatic heterocycles. The number of aliphatic hydroxyl groups is 1. The molecule has 1 saturated heterocycles. The van der Waals surface area contributed by atoms with Gasteiger partial charge in [-0.05, 0) is 55.5 Å². The molecular formula is C22H23ClN4O2. The van der Waals surface area contributed by atoms with Crippen LogP contribution < -0.4 is 10.5 Å². The van der Waals surface area contributed by atoms with Crippen molar-refractivity contribution >= 4 is 17.4 Å². The maximum Gasteiger partial charge on any atom is 0.251 e. The Bertz CT molecular complexity index is 1030. The van der Waals surface area contributed by atoms with Gasteiger partial charge in [0.25, 0.3) is 5.56 Å². The normalized spacial score (nSPS) is 16.0. The lowest BCUT2D eigenvalue weighted by molar-refractivity contribution is 0.0929. The number of benzene rings is 1. The molecule has 6 nitrogen and oxygen atoms in total. The second kappa shape index (κ2) is 8.35. The van der Waals surface area contributed by atoms with Crippen molar-refractivity contribution in [3.63, 3.8) is 0 Å². The molecule has 0 spiro atoms. The second-order valence-electron chi connectivity index (χ2n) is 7.46. The zero-order valence-corrected chi connectivity index (χ0v) is 16.9. The Morgan fingerprint density at radius 3 is 2.52 bits per heavy atom. The van der Waals surface area contributed by atoms with Gasteiger partial charge >= 0.3 is 0 Å². The predicted octanol–water partition coefficient (Wildman–Crippen LogP) is 3.74. The molecule has 0 bridgehead atoms. The fourth-order valence-electron chi connectivity index (χ4n) is 3.81. The molecule has 1 atom stereocenters. The number of pyridine rings is 1. The van der Waals surface area contributed by atoms with Crippen LogP contribution >= 0.6 is 11.6 Å². The molecule has 1 unspecified atom stereocenters. The summed E-state index contributed by atoms with van der Waals surface area (Å²) in [4.78, 5) is 25.5. The van der Waals surface area contributed by atoms with Crippen LogP contribution in [0.5, 0.6) is 0 Å². The van der Waals surface area contributed by atoms with Gasteiger partial charge in [-0.1, -0.05) is 23.7 Å². The van der Waals surface area contributed by atoms with Crippen LogP contribution in [0.2, 0.25) is 5.02 Å². The van der Waals surface area contributed by atoms with Gasteiger partial charge in [0.1, 0.15) is 11.6 Å². The van der Waals surface area contributed by atoms with E-state index in [0.29, 0.717) is 16.5 Å². The number of hydrogen-bond acceptors (Lipinski definition) is 5. The van der Waals surface area contributed by atoms with Gasteiger partial charge in [0.05, 0.1) is 6.10 Å². The quantitative estimate of drug-likeness (QED) is 0.684. The second-order valence-corrected chi connectivity index (χ2v) is 7.90. The van der Waals surface area contributed by atoms with Gasteiger partial charge in [-0.15, -0.1) is 0 Å². The summed E-state index contributed by atoms with van der Waals surface area (Å²) in [6, 6.07) is 12.8. The standard InChI is InChI=1S/C22H23ClN4O2/c1-14-12-20(28)26-22(25-14)17-4-7-19(24-13-17)27-10-8-16(9-11-27)21(29)15-2-5-18(23)6-3-15/h2-7,12-13,16,21,29H,8-11H2,1H3,(H,25,26,28). The van der Waals surface area contributed by atoms with E-state index >= 15 is 0 Å². The van der Waals surface area contributed by atoms with Crippen molar-refractivity contribution in [2.45, 2.75) is 25.9 Å². The first-order chi connectivity index (χ1) is 14.0. The number of halogens is 1. The molecule has 1 aromatic carbocycles. The Labute approximate surface area is 174 Å². The Morgan fingerprint density at radius 2 is 1.90 bits per heavy atom. The molecule has 1 fully saturated rings. The molecule has 0 saturated carbocycles. The molecule has 150 valence electrons. The predicted molar refractivity (Wildman–Crippen MR) is 114 cm³/mol. The van der Waals surface area contributed by atoms with Gasteiger partial charge < -0.3 is 15.0 Å². The van der Waals surface area contributed by atoms with E-state index in [9.17, 15) is 9.90 Å². The largest absolute Gasteiger partial charge is 0.388 e. The monoisotopic (exact) mass is 410 g/mol. The summed E-state index contributed by atoms with van der Waals surface area (Å²) in [5.74, 6) is 1.63. The molecule has 7 heteroatoms. The van der Waals surface area contributed by atoms with Crippen molar-refractivity contribution in [2.75, 3.05) is 18.0 Å². The first-order valence-electron chi connectivity index (χ1n) is 9.72. The molecule has 0 aliphatic carbocycles. The lowest BCUT2D eigenvalue weighted by atomic mass is 9.87. The van der Waals surface area contributed by atoms with Gasteiger partial charge in [0.15, 0.2) is 0 Å². The molecular weight excluding hydrogens is 388 g/mol. The highest BCUT2D eigenvalue weighted by atomic mass is 35.5. The topological polar surface area (TPSA) is 82.1 Å². The van der Waals surface area contributed by atoms with E-state index < -0.39 is 6.10 Å². The summed E-state index contributed by atoms with van der Waals surface area (Å²) in [7, 11) is 0. The molecule has 1 aliphatic heterocycles. The summed E-state index contributed by atoms with van der Waals surface area (Å²) in [6.07, 6.45) is 3.04. The number of aromatic amines is 1. The van der Waals surface area contributed by atoms with Crippen LogP contribution in [0, 0.1) is 12.8 Å². The number of anilines is 1. The lowest BCUT2D eigenvalue weighted by Crippen LogP contribution is -2.36. The van der Waals surface area contributed by atoms with Crippen LogP contribution in [0.1, 0.15) is 30.2 Å².